The van der Waals surface area contributed by atoms with Crippen LogP contribution in [0.2, 0.25) is 0 Å². The van der Waals surface area contributed by atoms with E-state index in [4.69, 9.17) is 15.9 Å². The highest BCUT2D eigenvalue weighted by molar-refractivity contribution is 5.85. The van der Waals surface area contributed by atoms with E-state index in [1.54, 1.807) is 0 Å². The molecule has 0 saturated carbocycles. The zero-order chi connectivity index (χ0) is 19.6. The van der Waals surface area contributed by atoms with Crippen LogP contribution in [0.1, 0.15) is 84.0 Å². The van der Waals surface area contributed by atoms with Gasteiger partial charge in [-0.15, -0.1) is 12.4 Å². The molecule has 0 aliphatic carbocycles. The van der Waals surface area contributed by atoms with Crippen LogP contribution in [0.4, 0.5) is 0 Å². The van der Waals surface area contributed by atoms with Crippen molar-refractivity contribution in [1.82, 2.24) is 10.6 Å². The molecule has 0 aliphatic heterocycles. The minimum absolute atomic E-state index is 0. The van der Waals surface area contributed by atoms with Crippen molar-refractivity contribution in [2.75, 3.05) is 13.7 Å². The molecule has 0 spiro atoms. The van der Waals surface area contributed by atoms with E-state index in [1.165, 1.54) is 45.6 Å². The minimum Gasteiger partial charge on any atom is -0.467 e. The van der Waals surface area contributed by atoms with Crippen LogP contribution in [0.25, 0.3) is 0 Å². The Morgan fingerprint density at radius 1 is 1.00 bits per heavy atom. The van der Waals surface area contributed by atoms with Crippen LogP contribution in [-0.2, 0) is 14.3 Å². The third-order valence-corrected chi connectivity index (χ3v) is 4.31. The summed E-state index contributed by atoms with van der Waals surface area (Å²) in [5, 5.41) is 12.5. The molecule has 7 nitrogen and oxygen atoms in total. The Morgan fingerprint density at radius 3 is 2.07 bits per heavy atom. The highest BCUT2D eigenvalue weighted by Gasteiger charge is 2.20. The monoisotopic (exact) mass is 406 g/mol. The number of amides is 1. The van der Waals surface area contributed by atoms with Crippen LogP contribution in [-0.4, -0.2) is 37.5 Å². The van der Waals surface area contributed by atoms with Gasteiger partial charge in [-0.25, -0.2) is 4.79 Å². The Hall–Kier alpha value is -1.50. The van der Waals surface area contributed by atoms with E-state index in [9.17, 15) is 9.59 Å². The molecule has 5 N–H and O–H groups in total. The standard InChI is InChI=1S/C19H38N4O3.ClH/c1-3-4-5-6-7-8-9-10-11-14-17(24)23-16(18(25)26-2)13-12-15-22-19(20)21;/h16H,3-15H2,1-2H3,(H,23,24)(H4,20,21,22);1H/t16-;/m0./s1. The first kappa shape index (κ1) is 27.7. The maximum Gasteiger partial charge on any atom is 0.328 e. The van der Waals surface area contributed by atoms with Gasteiger partial charge in [-0.3, -0.25) is 10.2 Å². The summed E-state index contributed by atoms with van der Waals surface area (Å²) in [6.07, 6.45) is 12.3. The Bertz CT molecular complexity index is 408. The first-order valence-corrected chi connectivity index (χ1v) is 9.96. The lowest BCUT2D eigenvalue weighted by atomic mass is 10.1. The van der Waals surface area contributed by atoms with E-state index in [2.05, 4.69) is 17.6 Å². The SMILES string of the molecule is CCCCCCCCCCCC(=O)N[C@@H](CCCNC(=N)N)C(=O)OC.Cl. The molecule has 1 atom stereocenters. The van der Waals surface area contributed by atoms with Crippen molar-refractivity contribution in [2.24, 2.45) is 5.73 Å². The first-order valence-electron chi connectivity index (χ1n) is 9.96. The van der Waals surface area contributed by atoms with Crippen molar-refractivity contribution >= 4 is 30.2 Å². The molecule has 0 unspecified atom stereocenters. The first-order chi connectivity index (χ1) is 12.5. The molecule has 0 rings (SSSR count). The van der Waals surface area contributed by atoms with Gasteiger partial charge in [-0.2, -0.15) is 0 Å². The van der Waals surface area contributed by atoms with Gasteiger partial charge in [-0.05, 0) is 19.3 Å². The second kappa shape index (κ2) is 19.3. The summed E-state index contributed by atoms with van der Waals surface area (Å²) in [4.78, 5) is 23.8. The Balaban J connectivity index is 0. The maximum atomic E-state index is 12.0. The lowest BCUT2D eigenvalue weighted by molar-refractivity contribution is -0.145. The number of esters is 1. The number of hydrogen-bond donors (Lipinski definition) is 4. The topological polar surface area (TPSA) is 117 Å². The van der Waals surface area contributed by atoms with Gasteiger partial charge in [0.15, 0.2) is 5.96 Å². The molecule has 8 heteroatoms. The largest absolute Gasteiger partial charge is 0.467 e. The van der Waals surface area contributed by atoms with Crippen LogP contribution in [0, 0.1) is 5.41 Å². The molecule has 0 heterocycles. The minimum atomic E-state index is -0.639. The molecule has 0 saturated heterocycles. The van der Waals surface area contributed by atoms with Gasteiger partial charge < -0.3 is 21.1 Å². The van der Waals surface area contributed by atoms with Crippen molar-refractivity contribution < 1.29 is 14.3 Å². The quantitative estimate of drug-likeness (QED) is 0.136. The van der Waals surface area contributed by atoms with E-state index < -0.39 is 12.0 Å². The molecule has 160 valence electrons. The highest BCUT2D eigenvalue weighted by atomic mass is 35.5. The van der Waals surface area contributed by atoms with Crippen LogP contribution >= 0.6 is 12.4 Å². The predicted molar refractivity (Wildman–Crippen MR) is 112 cm³/mol. The predicted octanol–water partition coefficient (Wildman–Crippen LogP) is 3.25. The van der Waals surface area contributed by atoms with Crippen molar-refractivity contribution in [1.29, 1.82) is 5.41 Å². The molecular formula is C19H39ClN4O3. The molecule has 1 amide bonds. The molecule has 0 aromatic carbocycles. The summed E-state index contributed by atoms with van der Waals surface area (Å²) < 4.78 is 4.75. The number of rotatable bonds is 16. The number of unbranched alkanes of at least 4 members (excludes halogenated alkanes) is 8. The second-order valence-electron chi connectivity index (χ2n) is 6.70. The normalized spacial score (nSPS) is 11.2. The van der Waals surface area contributed by atoms with E-state index in [0.29, 0.717) is 25.8 Å². The van der Waals surface area contributed by atoms with Crippen molar-refractivity contribution in [3.8, 4) is 0 Å². The summed E-state index contributed by atoms with van der Waals surface area (Å²) in [7, 11) is 1.32. The van der Waals surface area contributed by atoms with Crippen LogP contribution in [0.5, 0.6) is 0 Å². The van der Waals surface area contributed by atoms with E-state index in [-0.39, 0.29) is 24.3 Å². The van der Waals surface area contributed by atoms with E-state index in [1.807, 2.05) is 0 Å². The van der Waals surface area contributed by atoms with Gasteiger partial charge in [0.1, 0.15) is 6.04 Å². The van der Waals surface area contributed by atoms with Crippen molar-refractivity contribution in [3.05, 3.63) is 0 Å². The smallest absolute Gasteiger partial charge is 0.328 e. The van der Waals surface area contributed by atoms with Crippen molar-refractivity contribution in [2.45, 2.75) is 90.0 Å². The van der Waals surface area contributed by atoms with E-state index >= 15 is 0 Å². The molecule has 27 heavy (non-hydrogen) atoms. The van der Waals surface area contributed by atoms with Crippen LogP contribution in [0.15, 0.2) is 0 Å². The number of carbonyl (C=O) groups excluding carboxylic acids is 2. The third kappa shape index (κ3) is 17.7. The fourth-order valence-electron chi connectivity index (χ4n) is 2.78. The van der Waals surface area contributed by atoms with Gasteiger partial charge in [0.2, 0.25) is 5.91 Å². The zero-order valence-electron chi connectivity index (χ0n) is 17.0. The molecule has 0 aromatic heterocycles. The number of hydrogen-bond acceptors (Lipinski definition) is 4. The van der Waals surface area contributed by atoms with E-state index in [0.717, 1.165) is 19.3 Å². The highest BCUT2D eigenvalue weighted by Crippen LogP contribution is 2.10. The fourth-order valence-corrected chi connectivity index (χ4v) is 2.78. The van der Waals surface area contributed by atoms with Crippen LogP contribution in [0.3, 0.4) is 0 Å². The van der Waals surface area contributed by atoms with Gasteiger partial charge in [0, 0.05) is 13.0 Å². The summed E-state index contributed by atoms with van der Waals surface area (Å²) >= 11 is 0. The number of carbonyl (C=O) groups is 2. The number of halogens is 1. The molecular weight excluding hydrogens is 368 g/mol. The molecule has 0 aliphatic rings. The number of guanidine groups is 1. The van der Waals surface area contributed by atoms with Gasteiger partial charge >= 0.3 is 5.97 Å². The third-order valence-electron chi connectivity index (χ3n) is 4.31. The average molecular weight is 407 g/mol. The molecule has 0 fully saturated rings. The van der Waals surface area contributed by atoms with Crippen LogP contribution < -0.4 is 16.4 Å². The van der Waals surface area contributed by atoms with Gasteiger partial charge in [0.05, 0.1) is 7.11 Å². The lowest BCUT2D eigenvalue weighted by Gasteiger charge is -2.16. The number of nitrogens with one attached hydrogen (secondary N) is 3. The molecule has 0 bridgehead atoms. The number of methoxy groups -OCH3 is 1. The summed E-state index contributed by atoms with van der Waals surface area (Å²) in [6.45, 7) is 2.70. The summed E-state index contributed by atoms with van der Waals surface area (Å²) in [5.74, 6) is -0.648. The Morgan fingerprint density at radius 2 is 1.56 bits per heavy atom. The van der Waals surface area contributed by atoms with Gasteiger partial charge in [-0.1, -0.05) is 58.3 Å². The number of nitrogens with two attached hydrogens (primary N) is 1. The summed E-state index contributed by atoms with van der Waals surface area (Å²) in [6, 6.07) is -0.639. The molecule has 0 radical (unpaired) electrons. The second-order valence-corrected chi connectivity index (χ2v) is 6.70. The number of ether oxygens (including phenoxy) is 1. The van der Waals surface area contributed by atoms with Crippen molar-refractivity contribution in [3.63, 3.8) is 0 Å². The summed E-state index contributed by atoms with van der Waals surface area (Å²) in [5.41, 5.74) is 5.21. The average Bonchev–Trinajstić information content (AvgIpc) is 2.62. The fraction of sp³-hybridized carbons (Fsp3) is 0.842. The lowest BCUT2D eigenvalue weighted by Crippen LogP contribution is -2.42. The zero-order valence-corrected chi connectivity index (χ0v) is 17.8. The Kier molecular flexibility index (Phi) is 19.8. The van der Waals surface area contributed by atoms with Gasteiger partial charge in [0.25, 0.3) is 0 Å². The molecule has 0 aromatic rings. The Labute approximate surface area is 170 Å². The maximum absolute atomic E-state index is 12.0.